The van der Waals surface area contributed by atoms with E-state index >= 15 is 0 Å². The summed E-state index contributed by atoms with van der Waals surface area (Å²) < 4.78 is 0. The van der Waals surface area contributed by atoms with Gasteiger partial charge in [-0.3, -0.25) is 0 Å². The van der Waals surface area contributed by atoms with E-state index in [2.05, 4.69) is 35.4 Å². The minimum absolute atomic E-state index is 0.000550. The molecule has 18 heavy (non-hydrogen) atoms. The van der Waals surface area contributed by atoms with Crippen molar-refractivity contribution in [2.24, 2.45) is 5.73 Å². The molecule has 3 N–H and O–H groups in total. The third-order valence-corrected chi connectivity index (χ3v) is 3.46. The van der Waals surface area contributed by atoms with E-state index in [1.165, 1.54) is 0 Å². The molecule has 96 valence electrons. The zero-order valence-corrected chi connectivity index (χ0v) is 11.0. The van der Waals surface area contributed by atoms with E-state index in [-0.39, 0.29) is 5.54 Å². The summed E-state index contributed by atoms with van der Waals surface area (Å²) >= 11 is 0. The minimum atomic E-state index is 0.000550. The van der Waals surface area contributed by atoms with Crippen molar-refractivity contribution < 1.29 is 0 Å². The third kappa shape index (κ3) is 2.59. The average molecular weight is 244 g/mol. The van der Waals surface area contributed by atoms with Crippen LogP contribution in [0.4, 0.5) is 5.69 Å². The molecule has 2 rings (SSSR count). The second-order valence-electron chi connectivity index (χ2n) is 4.85. The Morgan fingerprint density at radius 1 is 1.33 bits per heavy atom. The molecule has 0 bridgehead atoms. The summed E-state index contributed by atoms with van der Waals surface area (Å²) in [4.78, 5) is 0. The lowest BCUT2D eigenvalue weighted by Gasteiger charge is -2.30. The highest BCUT2D eigenvalue weighted by Gasteiger charge is 2.21. The van der Waals surface area contributed by atoms with E-state index in [1.54, 1.807) is 6.20 Å². The van der Waals surface area contributed by atoms with Gasteiger partial charge in [-0.25, -0.2) is 0 Å². The molecule has 0 radical (unpaired) electrons. The number of nitrogens with one attached hydrogen (secondary N) is 1. The summed E-state index contributed by atoms with van der Waals surface area (Å²) in [6.07, 6.45) is 3.73. The number of nitrogens with zero attached hydrogens (tertiary/aromatic N) is 2. The van der Waals surface area contributed by atoms with Crippen molar-refractivity contribution >= 4 is 16.6 Å². The van der Waals surface area contributed by atoms with Crippen LogP contribution < -0.4 is 11.1 Å². The van der Waals surface area contributed by atoms with Crippen LogP contribution in [0, 0.1) is 0 Å². The summed E-state index contributed by atoms with van der Waals surface area (Å²) in [5.41, 5.74) is 7.63. The Labute approximate surface area is 108 Å². The van der Waals surface area contributed by atoms with Crippen LogP contribution in [0.1, 0.15) is 26.7 Å². The molecule has 1 unspecified atom stereocenters. The lowest BCUT2D eigenvalue weighted by atomic mass is 9.94. The van der Waals surface area contributed by atoms with Crippen molar-refractivity contribution in [3.63, 3.8) is 0 Å². The van der Waals surface area contributed by atoms with Crippen molar-refractivity contribution in [1.29, 1.82) is 0 Å². The molecular formula is C14H20N4. The van der Waals surface area contributed by atoms with Gasteiger partial charge in [-0.2, -0.15) is 10.2 Å². The molecule has 1 aromatic heterocycles. The molecular weight excluding hydrogens is 224 g/mol. The summed E-state index contributed by atoms with van der Waals surface area (Å²) in [5.74, 6) is 0. The van der Waals surface area contributed by atoms with Crippen LogP contribution in [0.25, 0.3) is 10.9 Å². The number of benzene rings is 1. The molecule has 0 aliphatic rings. The molecule has 2 aromatic rings. The average Bonchev–Trinajstić information content (AvgIpc) is 2.39. The Bertz CT molecular complexity index is 521. The molecule has 0 aliphatic heterocycles. The fourth-order valence-electron chi connectivity index (χ4n) is 2.08. The van der Waals surface area contributed by atoms with E-state index in [0.29, 0.717) is 6.54 Å². The normalized spacial score (nSPS) is 14.4. The van der Waals surface area contributed by atoms with E-state index in [1.807, 2.05) is 18.2 Å². The maximum atomic E-state index is 5.69. The number of anilines is 1. The van der Waals surface area contributed by atoms with E-state index < -0.39 is 0 Å². The van der Waals surface area contributed by atoms with E-state index in [9.17, 15) is 0 Å². The van der Waals surface area contributed by atoms with Crippen molar-refractivity contribution in [1.82, 2.24) is 10.2 Å². The van der Waals surface area contributed by atoms with Gasteiger partial charge < -0.3 is 11.1 Å². The SMILES string of the molecule is CCC(C)(CCN)Nc1cnnc2ccccc12. The molecule has 1 heterocycles. The standard InChI is InChI=1S/C14H20N4/c1-3-14(2,8-9-15)17-13-10-16-18-12-7-5-4-6-11(12)13/h4-7,10H,3,8-9,15H2,1-2H3,(H,17,18). The van der Waals surface area contributed by atoms with Crippen LogP contribution >= 0.6 is 0 Å². The quantitative estimate of drug-likeness (QED) is 0.848. The summed E-state index contributed by atoms with van der Waals surface area (Å²) in [6.45, 7) is 5.03. The number of aromatic nitrogens is 2. The van der Waals surface area contributed by atoms with Crippen molar-refractivity contribution in [3.8, 4) is 0 Å². The van der Waals surface area contributed by atoms with Crippen molar-refractivity contribution in [3.05, 3.63) is 30.5 Å². The minimum Gasteiger partial charge on any atom is -0.378 e. The maximum absolute atomic E-state index is 5.69. The number of nitrogens with two attached hydrogens (primary N) is 1. The maximum Gasteiger partial charge on any atom is 0.0950 e. The van der Waals surface area contributed by atoms with Gasteiger partial charge >= 0.3 is 0 Å². The highest BCUT2D eigenvalue weighted by molar-refractivity contribution is 5.90. The Kier molecular flexibility index (Phi) is 3.77. The van der Waals surface area contributed by atoms with Gasteiger partial charge in [-0.15, -0.1) is 0 Å². The number of hydrogen-bond donors (Lipinski definition) is 2. The van der Waals surface area contributed by atoms with Gasteiger partial charge in [-0.1, -0.05) is 25.1 Å². The summed E-state index contributed by atoms with van der Waals surface area (Å²) in [5, 5.41) is 12.8. The van der Waals surface area contributed by atoms with E-state index in [0.717, 1.165) is 29.4 Å². The van der Waals surface area contributed by atoms with Crippen LogP contribution in [0.15, 0.2) is 30.5 Å². The predicted octanol–water partition coefficient (Wildman–Crippen LogP) is 2.56. The van der Waals surface area contributed by atoms with E-state index in [4.69, 9.17) is 5.73 Å². The first-order valence-electron chi connectivity index (χ1n) is 6.37. The number of hydrogen-bond acceptors (Lipinski definition) is 4. The zero-order valence-electron chi connectivity index (χ0n) is 11.0. The highest BCUT2D eigenvalue weighted by atomic mass is 15.1. The predicted molar refractivity (Wildman–Crippen MR) is 75.5 cm³/mol. The Hall–Kier alpha value is -1.68. The summed E-state index contributed by atoms with van der Waals surface area (Å²) in [6, 6.07) is 8.02. The molecule has 1 aromatic carbocycles. The van der Waals surface area contributed by atoms with Gasteiger partial charge in [0.2, 0.25) is 0 Å². The van der Waals surface area contributed by atoms with Gasteiger partial charge in [0.1, 0.15) is 0 Å². The molecule has 0 aliphatic carbocycles. The topological polar surface area (TPSA) is 63.8 Å². The highest BCUT2D eigenvalue weighted by Crippen LogP contribution is 2.26. The second-order valence-corrected chi connectivity index (χ2v) is 4.85. The van der Waals surface area contributed by atoms with Crippen LogP contribution in [0.2, 0.25) is 0 Å². The van der Waals surface area contributed by atoms with Gasteiger partial charge in [0, 0.05) is 10.9 Å². The van der Waals surface area contributed by atoms with Crippen molar-refractivity contribution in [2.45, 2.75) is 32.2 Å². The molecule has 4 nitrogen and oxygen atoms in total. The Morgan fingerprint density at radius 3 is 2.83 bits per heavy atom. The first kappa shape index (κ1) is 12.8. The molecule has 4 heteroatoms. The third-order valence-electron chi connectivity index (χ3n) is 3.46. The largest absolute Gasteiger partial charge is 0.378 e. The molecule has 1 atom stereocenters. The molecule has 0 saturated heterocycles. The molecule has 0 amide bonds. The van der Waals surface area contributed by atoms with Crippen LogP contribution in [0.5, 0.6) is 0 Å². The first-order chi connectivity index (χ1) is 8.68. The molecule has 0 saturated carbocycles. The van der Waals surface area contributed by atoms with Crippen molar-refractivity contribution in [2.75, 3.05) is 11.9 Å². The fraction of sp³-hybridized carbons (Fsp3) is 0.429. The van der Waals surface area contributed by atoms with Crippen LogP contribution in [0.3, 0.4) is 0 Å². The van der Waals surface area contributed by atoms with Crippen LogP contribution in [-0.4, -0.2) is 22.3 Å². The second kappa shape index (κ2) is 5.31. The Balaban J connectivity index is 2.36. The van der Waals surface area contributed by atoms with Gasteiger partial charge in [0.15, 0.2) is 0 Å². The number of fused-ring (bicyclic) bond motifs is 1. The lowest BCUT2D eigenvalue weighted by Crippen LogP contribution is -2.36. The zero-order chi connectivity index (χ0) is 13.0. The van der Waals surface area contributed by atoms with Crippen LogP contribution in [-0.2, 0) is 0 Å². The molecule has 0 spiro atoms. The van der Waals surface area contributed by atoms with Gasteiger partial charge in [0.05, 0.1) is 17.4 Å². The smallest absolute Gasteiger partial charge is 0.0950 e. The number of rotatable bonds is 5. The monoisotopic (exact) mass is 244 g/mol. The first-order valence-corrected chi connectivity index (χ1v) is 6.37. The summed E-state index contributed by atoms with van der Waals surface area (Å²) in [7, 11) is 0. The van der Waals surface area contributed by atoms with Gasteiger partial charge in [-0.05, 0) is 32.4 Å². The lowest BCUT2D eigenvalue weighted by molar-refractivity contribution is 0.464. The Morgan fingerprint density at radius 2 is 2.11 bits per heavy atom. The molecule has 0 fully saturated rings. The van der Waals surface area contributed by atoms with Gasteiger partial charge in [0.25, 0.3) is 0 Å². The fourth-order valence-corrected chi connectivity index (χ4v) is 2.08.